The molecule has 3 aliphatic rings. The molecule has 1 unspecified atom stereocenters. The molecule has 39 heavy (non-hydrogen) atoms. The number of halogens is 1. The van der Waals surface area contributed by atoms with Crippen LogP contribution in [-0.2, 0) is 29.2 Å². The van der Waals surface area contributed by atoms with Crippen molar-refractivity contribution in [3.8, 4) is 22.4 Å². The van der Waals surface area contributed by atoms with Crippen LogP contribution in [0.15, 0.2) is 41.5 Å². The fourth-order valence-corrected chi connectivity index (χ4v) is 6.51. The Bertz CT molecular complexity index is 1800. The molecule has 6 heterocycles. The molecule has 1 fully saturated rings. The van der Waals surface area contributed by atoms with Gasteiger partial charge in [0.15, 0.2) is 0 Å². The molecule has 9 nitrogen and oxygen atoms in total. The van der Waals surface area contributed by atoms with E-state index < -0.39 is 11.5 Å². The predicted molar refractivity (Wildman–Crippen MR) is 146 cm³/mol. The number of benzene rings is 1. The summed E-state index contributed by atoms with van der Waals surface area (Å²) in [5.74, 6) is -0.572. The molecule has 5 aromatic rings. The minimum atomic E-state index is -0.572. The zero-order valence-electron chi connectivity index (χ0n) is 22.5. The third-order valence-corrected chi connectivity index (χ3v) is 8.81. The van der Waals surface area contributed by atoms with Gasteiger partial charge in [-0.25, -0.2) is 9.78 Å². The topological polar surface area (TPSA) is 91.9 Å². The number of aromatic nitrogens is 6. The highest BCUT2D eigenvalue weighted by atomic mass is 19.1. The quantitative estimate of drug-likeness (QED) is 0.354. The van der Waals surface area contributed by atoms with Gasteiger partial charge in [0.1, 0.15) is 5.65 Å². The molecular weight excluding hydrogens is 499 g/mol. The molecule has 10 heteroatoms. The van der Waals surface area contributed by atoms with E-state index in [1.54, 1.807) is 38.2 Å². The van der Waals surface area contributed by atoms with E-state index in [0.29, 0.717) is 29.9 Å². The molecule has 1 aliphatic carbocycles. The number of pyridine rings is 1. The summed E-state index contributed by atoms with van der Waals surface area (Å²) in [6.07, 6.45) is 6.62. The van der Waals surface area contributed by atoms with Gasteiger partial charge < -0.3 is 14.5 Å². The zero-order chi connectivity index (χ0) is 27.1. The van der Waals surface area contributed by atoms with Gasteiger partial charge in [0.2, 0.25) is 5.95 Å². The lowest BCUT2D eigenvalue weighted by Gasteiger charge is -2.29. The van der Waals surface area contributed by atoms with Gasteiger partial charge in [-0.05, 0) is 37.3 Å². The SMILES string of the molecule is COC1(C)CCO[C@H]2CC[C@@H](C2)n2c(=O)n(C)c3cnc4[nH]c(-c5cn(C)nc5F)c(c4c32)-c2ccc1cc2. The van der Waals surface area contributed by atoms with Gasteiger partial charge in [0.25, 0.3) is 0 Å². The molecule has 8 rings (SSSR count). The summed E-state index contributed by atoms with van der Waals surface area (Å²) < 4.78 is 32.5. The van der Waals surface area contributed by atoms with Crippen LogP contribution in [-0.4, -0.2) is 48.7 Å². The van der Waals surface area contributed by atoms with Crippen molar-refractivity contribution in [2.45, 2.75) is 50.4 Å². The zero-order valence-corrected chi connectivity index (χ0v) is 22.5. The molecule has 4 bridgehead atoms. The number of methoxy groups -OCH3 is 1. The summed E-state index contributed by atoms with van der Waals surface area (Å²) in [4.78, 5) is 21.8. The molecule has 0 radical (unpaired) electrons. The van der Waals surface area contributed by atoms with E-state index in [-0.39, 0.29) is 17.8 Å². The van der Waals surface area contributed by atoms with Gasteiger partial charge in [-0.15, -0.1) is 5.10 Å². The summed E-state index contributed by atoms with van der Waals surface area (Å²) in [7, 11) is 5.20. The maximum Gasteiger partial charge on any atom is 0.329 e. The Morgan fingerprint density at radius 1 is 1.21 bits per heavy atom. The second-order valence-corrected chi connectivity index (χ2v) is 11.0. The van der Waals surface area contributed by atoms with Gasteiger partial charge in [0, 0.05) is 45.4 Å². The van der Waals surface area contributed by atoms with Crippen LogP contribution in [0.1, 0.15) is 44.2 Å². The van der Waals surface area contributed by atoms with Gasteiger partial charge >= 0.3 is 5.69 Å². The largest absolute Gasteiger partial charge is 0.378 e. The number of fused-ring (bicyclic) bond motifs is 5. The summed E-state index contributed by atoms with van der Waals surface area (Å²) >= 11 is 0. The molecule has 0 saturated heterocycles. The van der Waals surface area contributed by atoms with Crippen molar-refractivity contribution in [2.75, 3.05) is 13.7 Å². The van der Waals surface area contributed by atoms with Crippen molar-refractivity contribution in [3.63, 3.8) is 0 Å². The van der Waals surface area contributed by atoms with Gasteiger partial charge in [-0.3, -0.25) is 13.8 Å². The molecule has 3 atom stereocenters. The molecule has 2 aliphatic heterocycles. The molecular formula is C29H31FN6O3. The van der Waals surface area contributed by atoms with Crippen LogP contribution in [0, 0.1) is 5.95 Å². The van der Waals surface area contributed by atoms with E-state index in [2.05, 4.69) is 29.1 Å². The fourth-order valence-electron chi connectivity index (χ4n) is 6.51. The molecule has 4 aromatic heterocycles. The number of rotatable bonds is 2. The number of hydrogen-bond acceptors (Lipinski definition) is 5. The average molecular weight is 531 g/mol. The second kappa shape index (κ2) is 8.62. The number of hydrogen-bond donors (Lipinski definition) is 1. The van der Waals surface area contributed by atoms with Gasteiger partial charge in [-0.2, -0.15) is 4.39 Å². The molecule has 1 N–H and O–H groups in total. The van der Waals surface area contributed by atoms with Crippen LogP contribution < -0.4 is 5.69 Å². The Kier molecular flexibility index (Phi) is 5.37. The third-order valence-electron chi connectivity index (χ3n) is 8.81. The van der Waals surface area contributed by atoms with Crippen LogP contribution in [0.4, 0.5) is 4.39 Å². The van der Waals surface area contributed by atoms with Gasteiger partial charge in [0.05, 0.1) is 52.2 Å². The third kappa shape index (κ3) is 3.54. The first-order valence-electron chi connectivity index (χ1n) is 13.4. The normalized spacial score (nSPS) is 23.2. The van der Waals surface area contributed by atoms with Crippen molar-refractivity contribution in [3.05, 3.63) is 58.7 Å². The molecule has 202 valence electrons. The lowest BCUT2D eigenvalue weighted by molar-refractivity contribution is -0.0411. The average Bonchev–Trinajstić information content (AvgIpc) is 3.68. The first-order valence-corrected chi connectivity index (χ1v) is 13.4. The first-order chi connectivity index (χ1) is 18.8. The van der Waals surface area contributed by atoms with Crippen LogP contribution in [0.2, 0.25) is 0 Å². The van der Waals surface area contributed by atoms with Crippen molar-refractivity contribution in [1.29, 1.82) is 0 Å². The van der Waals surface area contributed by atoms with Crippen molar-refractivity contribution >= 4 is 22.1 Å². The smallest absolute Gasteiger partial charge is 0.329 e. The Morgan fingerprint density at radius 2 is 2.00 bits per heavy atom. The highest BCUT2D eigenvalue weighted by Crippen LogP contribution is 2.44. The van der Waals surface area contributed by atoms with E-state index in [1.807, 2.05) is 16.7 Å². The predicted octanol–water partition coefficient (Wildman–Crippen LogP) is 4.80. The van der Waals surface area contributed by atoms with Crippen LogP contribution in [0.25, 0.3) is 44.5 Å². The fraction of sp³-hybridized carbons (Fsp3) is 0.414. The highest BCUT2D eigenvalue weighted by molar-refractivity contribution is 6.14. The van der Waals surface area contributed by atoms with Crippen molar-refractivity contribution < 1.29 is 13.9 Å². The minimum Gasteiger partial charge on any atom is -0.378 e. The number of aromatic amines is 1. The molecule has 0 spiro atoms. The number of nitrogens with zero attached hydrogens (tertiary/aromatic N) is 5. The summed E-state index contributed by atoms with van der Waals surface area (Å²) in [6, 6.07) is 8.16. The van der Waals surface area contributed by atoms with Crippen molar-refractivity contribution in [2.24, 2.45) is 14.1 Å². The standard InChI is InChI=1S/C29H31FN6O3/c1-29(38-4)11-12-39-19-10-9-18(13-19)36-25-21(35(3)28(36)37)14-31-27-23(25)22(16-5-7-17(29)8-6-16)24(32-27)20-15-34(2)33-26(20)30/h5-8,14-15,18-19H,9-13H2,1-4H3,(H,31,32)/t18-,19-,29?/m0/s1. The van der Waals surface area contributed by atoms with E-state index in [1.165, 1.54) is 4.68 Å². The van der Waals surface area contributed by atoms with Gasteiger partial charge in [-0.1, -0.05) is 24.3 Å². The molecule has 1 aromatic carbocycles. The summed E-state index contributed by atoms with van der Waals surface area (Å²) in [6.45, 7) is 2.64. The Hall–Kier alpha value is -3.76. The van der Waals surface area contributed by atoms with E-state index in [0.717, 1.165) is 52.4 Å². The number of H-pyrrole nitrogens is 1. The van der Waals surface area contributed by atoms with Crippen molar-refractivity contribution in [1.82, 2.24) is 28.9 Å². The summed E-state index contributed by atoms with van der Waals surface area (Å²) in [5.41, 5.74) is 5.17. The maximum atomic E-state index is 15.1. The minimum absolute atomic E-state index is 0.0150. The number of nitrogens with one attached hydrogen (secondary N) is 1. The van der Waals surface area contributed by atoms with Crippen LogP contribution >= 0.6 is 0 Å². The van der Waals surface area contributed by atoms with E-state index in [9.17, 15) is 4.79 Å². The molecule has 0 amide bonds. The lowest BCUT2D eigenvalue weighted by atomic mass is 9.90. The number of ether oxygens (including phenoxy) is 2. The maximum absolute atomic E-state index is 15.1. The van der Waals surface area contributed by atoms with E-state index in [4.69, 9.17) is 14.5 Å². The monoisotopic (exact) mass is 530 g/mol. The lowest BCUT2D eigenvalue weighted by Crippen LogP contribution is -2.27. The molecule has 1 saturated carbocycles. The first kappa shape index (κ1) is 24.3. The summed E-state index contributed by atoms with van der Waals surface area (Å²) in [5, 5.41) is 4.75. The highest BCUT2D eigenvalue weighted by Gasteiger charge is 2.34. The number of imidazole rings is 1. The van der Waals surface area contributed by atoms with Crippen LogP contribution in [0.5, 0.6) is 0 Å². The number of aryl methyl sites for hydroxylation is 2. The second-order valence-electron chi connectivity index (χ2n) is 11.0. The van der Waals surface area contributed by atoms with Crippen LogP contribution in [0.3, 0.4) is 0 Å². The van der Waals surface area contributed by atoms with E-state index >= 15 is 4.39 Å². The Morgan fingerprint density at radius 3 is 2.72 bits per heavy atom. The Balaban J connectivity index is 1.61. The Labute approximate surface area is 224 Å².